The van der Waals surface area contributed by atoms with Crippen molar-refractivity contribution in [2.24, 2.45) is 0 Å². The molecule has 7 nitrogen and oxygen atoms in total. The highest BCUT2D eigenvalue weighted by Gasteiger charge is 2.36. The second kappa shape index (κ2) is 6.44. The summed E-state index contributed by atoms with van der Waals surface area (Å²) in [6.45, 7) is 6.75. The maximum absolute atomic E-state index is 11.9. The fourth-order valence-corrected chi connectivity index (χ4v) is 2.21. The fourth-order valence-electron chi connectivity index (χ4n) is 2.21. The van der Waals surface area contributed by atoms with Crippen LogP contribution >= 0.6 is 0 Å². The highest BCUT2D eigenvalue weighted by Crippen LogP contribution is 2.22. The SMILES string of the molecule is COC(=O)c1ccc(N(C)C2CN(C(=O)OC(C)(C)C)C2)cn1. The Labute approximate surface area is 136 Å². The summed E-state index contributed by atoms with van der Waals surface area (Å²) < 4.78 is 9.96. The number of likely N-dealkylation sites (N-methyl/N-ethyl adjacent to an activating group) is 1. The van der Waals surface area contributed by atoms with Crippen LogP contribution in [0.2, 0.25) is 0 Å². The number of aromatic nitrogens is 1. The van der Waals surface area contributed by atoms with E-state index in [2.05, 4.69) is 9.72 Å². The van der Waals surface area contributed by atoms with Gasteiger partial charge in [0, 0.05) is 20.1 Å². The van der Waals surface area contributed by atoms with Crippen molar-refractivity contribution >= 4 is 17.7 Å². The van der Waals surface area contributed by atoms with Gasteiger partial charge in [0.2, 0.25) is 0 Å². The first-order valence-corrected chi connectivity index (χ1v) is 7.46. The van der Waals surface area contributed by atoms with Crippen molar-refractivity contribution < 1.29 is 19.1 Å². The highest BCUT2D eigenvalue weighted by atomic mass is 16.6. The van der Waals surface area contributed by atoms with Crippen LogP contribution < -0.4 is 4.90 Å². The molecule has 1 aromatic heterocycles. The van der Waals surface area contributed by atoms with Crippen molar-refractivity contribution in [3.05, 3.63) is 24.0 Å². The lowest BCUT2D eigenvalue weighted by atomic mass is 10.1. The van der Waals surface area contributed by atoms with Crippen LogP contribution in [0, 0.1) is 0 Å². The number of ether oxygens (including phenoxy) is 2. The minimum atomic E-state index is -0.484. The molecule has 1 fully saturated rings. The van der Waals surface area contributed by atoms with E-state index in [4.69, 9.17) is 4.74 Å². The number of esters is 1. The number of likely N-dealkylation sites (tertiary alicyclic amines) is 1. The summed E-state index contributed by atoms with van der Waals surface area (Å²) in [4.78, 5) is 31.1. The van der Waals surface area contributed by atoms with E-state index in [-0.39, 0.29) is 17.8 Å². The number of carbonyl (C=O) groups is 2. The van der Waals surface area contributed by atoms with Crippen LogP contribution in [-0.4, -0.2) is 60.8 Å². The first-order chi connectivity index (χ1) is 10.7. The lowest BCUT2D eigenvalue weighted by molar-refractivity contribution is 0.00849. The molecule has 7 heteroatoms. The predicted octanol–water partition coefficient (Wildman–Crippen LogP) is 1.92. The van der Waals surface area contributed by atoms with Gasteiger partial charge in [0.1, 0.15) is 11.3 Å². The topological polar surface area (TPSA) is 72.0 Å². The molecule has 23 heavy (non-hydrogen) atoms. The van der Waals surface area contributed by atoms with Crippen LogP contribution in [0.4, 0.5) is 10.5 Å². The normalized spacial score (nSPS) is 14.9. The van der Waals surface area contributed by atoms with Crippen molar-refractivity contribution in [1.82, 2.24) is 9.88 Å². The molecule has 2 rings (SSSR count). The van der Waals surface area contributed by atoms with Crippen LogP contribution in [0.3, 0.4) is 0 Å². The molecule has 1 aliphatic rings. The average molecular weight is 321 g/mol. The summed E-state index contributed by atoms with van der Waals surface area (Å²) in [6, 6.07) is 3.64. The lowest BCUT2D eigenvalue weighted by Gasteiger charge is -2.44. The number of pyridine rings is 1. The van der Waals surface area contributed by atoms with Gasteiger partial charge >= 0.3 is 12.1 Å². The van der Waals surface area contributed by atoms with Crippen molar-refractivity contribution in [3.63, 3.8) is 0 Å². The van der Waals surface area contributed by atoms with Gasteiger partial charge in [0.15, 0.2) is 0 Å². The monoisotopic (exact) mass is 321 g/mol. The molecule has 2 heterocycles. The Morgan fingerprint density at radius 1 is 1.30 bits per heavy atom. The molecule has 0 spiro atoms. The van der Waals surface area contributed by atoms with Crippen molar-refractivity contribution in [2.45, 2.75) is 32.4 Å². The zero-order valence-electron chi connectivity index (χ0n) is 14.2. The molecule has 0 bridgehead atoms. The first kappa shape index (κ1) is 17.1. The Morgan fingerprint density at radius 3 is 2.43 bits per heavy atom. The third-order valence-electron chi connectivity index (χ3n) is 3.61. The number of methoxy groups -OCH3 is 1. The van der Waals surface area contributed by atoms with Gasteiger partial charge < -0.3 is 19.3 Å². The van der Waals surface area contributed by atoms with Crippen LogP contribution in [-0.2, 0) is 9.47 Å². The summed E-state index contributed by atoms with van der Waals surface area (Å²) in [5, 5.41) is 0. The Morgan fingerprint density at radius 2 is 1.96 bits per heavy atom. The molecule has 1 amide bonds. The zero-order valence-corrected chi connectivity index (χ0v) is 14.2. The number of hydrogen-bond acceptors (Lipinski definition) is 6. The van der Waals surface area contributed by atoms with Crippen molar-refractivity contribution in [2.75, 3.05) is 32.1 Å². The van der Waals surface area contributed by atoms with Gasteiger partial charge in [0.25, 0.3) is 0 Å². The Kier molecular flexibility index (Phi) is 4.77. The molecule has 0 N–H and O–H groups in total. The summed E-state index contributed by atoms with van der Waals surface area (Å²) in [7, 11) is 3.26. The molecule has 0 saturated carbocycles. The Bertz CT molecular complexity index is 574. The van der Waals surface area contributed by atoms with Crippen molar-refractivity contribution in [3.8, 4) is 0 Å². The van der Waals surface area contributed by atoms with Crippen LogP contribution in [0.1, 0.15) is 31.3 Å². The quantitative estimate of drug-likeness (QED) is 0.792. The van der Waals surface area contributed by atoms with Crippen molar-refractivity contribution in [1.29, 1.82) is 0 Å². The maximum atomic E-state index is 11.9. The van der Waals surface area contributed by atoms with Gasteiger partial charge in [-0.1, -0.05) is 0 Å². The number of anilines is 1. The van der Waals surface area contributed by atoms with Gasteiger partial charge in [-0.25, -0.2) is 14.6 Å². The minimum absolute atomic E-state index is 0.202. The number of carbonyl (C=O) groups excluding carboxylic acids is 2. The Hall–Kier alpha value is -2.31. The number of hydrogen-bond donors (Lipinski definition) is 0. The third kappa shape index (κ3) is 4.12. The molecule has 1 aromatic rings. The van der Waals surface area contributed by atoms with Crippen LogP contribution in [0.15, 0.2) is 18.3 Å². The second-order valence-corrected chi connectivity index (χ2v) is 6.54. The molecule has 1 aliphatic heterocycles. The summed E-state index contributed by atoms with van der Waals surface area (Å²) in [5.74, 6) is -0.459. The van der Waals surface area contributed by atoms with Crippen LogP contribution in [0.25, 0.3) is 0 Å². The molecule has 0 aliphatic carbocycles. The van der Waals surface area contributed by atoms with Crippen LogP contribution in [0.5, 0.6) is 0 Å². The number of nitrogens with zero attached hydrogens (tertiary/aromatic N) is 3. The van der Waals surface area contributed by atoms with E-state index < -0.39 is 11.6 Å². The third-order valence-corrected chi connectivity index (χ3v) is 3.61. The first-order valence-electron chi connectivity index (χ1n) is 7.46. The van der Waals surface area contributed by atoms with E-state index in [1.165, 1.54) is 7.11 Å². The molecule has 0 unspecified atom stereocenters. The van der Waals surface area contributed by atoms with E-state index in [1.807, 2.05) is 38.8 Å². The average Bonchev–Trinajstić information content (AvgIpc) is 2.43. The molecule has 126 valence electrons. The van der Waals surface area contributed by atoms with Gasteiger partial charge in [-0.3, -0.25) is 0 Å². The lowest BCUT2D eigenvalue weighted by Crippen LogP contribution is -2.61. The molecule has 1 saturated heterocycles. The largest absolute Gasteiger partial charge is 0.464 e. The molecular weight excluding hydrogens is 298 g/mol. The molecule has 0 aromatic carbocycles. The predicted molar refractivity (Wildman–Crippen MR) is 85.6 cm³/mol. The highest BCUT2D eigenvalue weighted by molar-refractivity contribution is 5.87. The van der Waals surface area contributed by atoms with E-state index in [0.717, 1.165) is 5.69 Å². The van der Waals surface area contributed by atoms with E-state index in [1.54, 1.807) is 17.2 Å². The van der Waals surface area contributed by atoms with E-state index >= 15 is 0 Å². The van der Waals surface area contributed by atoms with Gasteiger partial charge in [-0.15, -0.1) is 0 Å². The summed E-state index contributed by atoms with van der Waals surface area (Å²) >= 11 is 0. The molecule has 0 atom stereocenters. The van der Waals surface area contributed by atoms with Gasteiger partial charge in [0.05, 0.1) is 25.0 Å². The smallest absolute Gasteiger partial charge is 0.410 e. The summed E-state index contributed by atoms with van der Waals surface area (Å²) in [5.41, 5.74) is 0.668. The van der Waals surface area contributed by atoms with E-state index in [0.29, 0.717) is 13.1 Å². The standard InChI is InChI=1S/C16H23N3O4/c1-16(2,3)23-15(21)19-9-12(10-19)18(4)11-6-7-13(17-8-11)14(20)22-5/h6-8,12H,9-10H2,1-5H3. The van der Waals surface area contributed by atoms with Gasteiger partial charge in [-0.2, -0.15) is 0 Å². The number of amides is 1. The van der Waals surface area contributed by atoms with Gasteiger partial charge in [-0.05, 0) is 32.9 Å². The maximum Gasteiger partial charge on any atom is 0.410 e. The number of rotatable bonds is 3. The second-order valence-electron chi connectivity index (χ2n) is 6.54. The molecular formula is C16H23N3O4. The zero-order chi connectivity index (χ0) is 17.2. The Balaban J connectivity index is 1.90. The summed E-state index contributed by atoms with van der Waals surface area (Å²) in [6.07, 6.45) is 1.34. The minimum Gasteiger partial charge on any atom is -0.464 e. The molecule has 0 radical (unpaired) electrons. The fraction of sp³-hybridized carbons (Fsp3) is 0.562. The van der Waals surface area contributed by atoms with E-state index in [9.17, 15) is 9.59 Å².